The van der Waals surface area contributed by atoms with E-state index in [1.807, 2.05) is 11.0 Å². The van der Waals surface area contributed by atoms with Gasteiger partial charge in [-0.1, -0.05) is 6.92 Å². The summed E-state index contributed by atoms with van der Waals surface area (Å²) in [4.78, 5) is 4.35. The first kappa shape index (κ1) is 16.8. The van der Waals surface area contributed by atoms with Gasteiger partial charge in [0, 0.05) is 29.4 Å². The smallest absolute Gasteiger partial charge is 0.312 e. The molecule has 0 bridgehead atoms. The van der Waals surface area contributed by atoms with E-state index in [2.05, 4.69) is 18.3 Å². The van der Waals surface area contributed by atoms with Crippen molar-refractivity contribution in [2.45, 2.75) is 45.5 Å². The summed E-state index contributed by atoms with van der Waals surface area (Å²) in [6.45, 7) is 5.53. The fourth-order valence-electron chi connectivity index (χ4n) is 2.68. The Kier molecular flexibility index (Phi) is 6.08. The van der Waals surface area contributed by atoms with Gasteiger partial charge in [-0.2, -0.15) is 13.2 Å². The Balaban J connectivity index is 1.84. The van der Waals surface area contributed by atoms with Crippen LogP contribution in [-0.4, -0.2) is 30.7 Å². The summed E-state index contributed by atoms with van der Waals surface area (Å²) in [5.41, 5.74) is 0. The summed E-state index contributed by atoms with van der Waals surface area (Å²) in [5.74, 6) is -1.16. The van der Waals surface area contributed by atoms with Crippen molar-refractivity contribution in [3.05, 3.63) is 21.9 Å². The highest BCUT2D eigenvalue weighted by atomic mass is 32.1. The Hall–Kier alpha value is -0.590. The first-order chi connectivity index (χ1) is 9.99. The van der Waals surface area contributed by atoms with Crippen LogP contribution in [0, 0.1) is 5.92 Å². The molecular weight excluding hydrogens is 297 g/mol. The summed E-state index contributed by atoms with van der Waals surface area (Å²) in [6.07, 6.45) is -2.04. The highest BCUT2D eigenvalue weighted by Crippen LogP contribution is 2.33. The zero-order chi connectivity index (χ0) is 15.3. The van der Waals surface area contributed by atoms with Crippen molar-refractivity contribution < 1.29 is 13.2 Å². The van der Waals surface area contributed by atoms with Crippen molar-refractivity contribution in [1.82, 2.24) is 10.2 Å². The lowest BCUT2D eigenvalue weighted by atomic mass is 9.97. The van der Waals surface area contributed by atoms with Gasteiger partial charge >= 0.3 is 6.18 Å². The Bertz CT molecular complexity index is 431. The fourth-order valence-corrected chi connectivity index (χ4v) is 3.71. The van der Waals surface area contributed by atoms with Gasteiger partial charge in [-0.25, -0.2) is 0 Å². The molecule has 0 saturated carbocycles. The molecule has 2 nitrogen and oxygen atoms in total. The van der Waals surface area contributed by atoms with Crippen LogP contribution in [0.2, 0.25) is 0 Å². The predicted molar refractivity (Wildman–Crippen MR) is 80.4 cm³/mol. The lowest BCUT2D eigenvalue weighted by Crippen LogP contribution is -2.41. The van der Waals surface area contributed by atoms with Crippen molar-refractivity contribution in [2.24, 2.45) is 5.92 Å². The number of halogens is 3. The van der Waals surface area contributed by atoms with Gasteiger partial charge < -0.3 is 5.32 Å². The molecule has 0 aromatic carbocycles. The quantitative estimate of drug-likeness (QED) is 0.796. The second-order valence-electron chi connectivity index (χ2n) is 5.66. The number of piperidine rings is 1. The molecule has 1 fully saturated rings. The fraction of sp³-hybridized carbons (Fsp3) is 0.733. The zero-order valence-electron chi connectivity index (χ0n) is 12.4. The van der Waals surface area contributed by atoms with E-state index in [0.717, 1.165) is 30.9 Å². The molecule has 0 aliphatic carbocycles. The molecule has 1 atom stereocenters. The molecule has 1 N–H and O–H groups in total. The van der Waals surface area contributed by atoms with Crippen LogP contribution in [0.3, 0.4) is 0 Å². The number of nitrogens with zero attached hydrogens (tertiary/aromatic N) is 1. The van der Waals surface area contributed by atoms with Crippen LogP contribution in [0.5, 0.6) is 0 Å². The van der Waals surface area contributed by atoms with Crippen molar-refractivity contribution in [3.63, 3.8) is 0 Å². The third kappa shape index (κ3) is 5.27. The van der Waals surface area contributed by atoms with Crippen LogP contribution >= 0.6 is 11.3 Å². The second kappa shape index (κ2) is 7.61. The average Bonchev–Trinajstić information content (AvgIpc) is 2.86. The molecule has 1 unspecified atom stereocenters. The van der Waals surface area contributed by atoms with E-state index in [1.165, 1.54) is 4.88 Å². The van der Waals surface area contributed by atoms with Crippen LogP contribution in [-0.2, 0) is 13.1 Å². The van der Waals surface area contributed by atoms with Crippen LogP contribution in [0.1, 0.15) is 35.9 Å². The van der Waals surface area contributed by atoms with Crippen LogP contribution in [0.4, 0.5) is 13.2 Å². The minimum absolute atomic E-state index is 0.144. The lowest BCUT2D eigenvalue weighted by Gasteiger charge is -2.33. The summed E-state index contributed by atoms with van der Waals surface area (Å²) in [6, 6.07) is 4.12. The molecule has 0 radical (unpaired) electrons. The first-order valence-electron chi connectivity index (χ1n) is 7.56. The molecular formula is C15H23F3N2S. The van der Waals surface area contributed by atoms with E-state index >= 15 is 0 Å². The molecule has 0 amide bonds. The Morgan fingerprint density at radius 3 is 2.81 bits per heavy atom. The molecule has 1 saturated heterocycles. The predicted octanol–water partition coefficient (Wildman–Crippen LogP) is 4.02. The summed E-state index contributed by atoms with van der Waals surface area (Å²) < 4.78 is 38.4. The summed E-state index contributed by atoms with van der Waals surface area (Å²) >= 11 is 1.70. The minimum atomic E-state index is -4.05. The molecule has 1 aromatic heterocycles. The maximum Gasteiger partial charge on any atom is 0.393 e. The van der Waals surface area contributed by atoms with E-state index in [0.29, 0.717) is 13.0 Å². The van der Waals surface area contributed by atoms with Gasteiger partial charge in [-0.3, -0.25) is 4.90 Å². The summed E-state index contributed by atoms with van der Waals surface area (Å²) in [7, 11) is 0. The molecule has 0 spiro atoms. The zero-order valence-corrected chi connectivity index (χ0v) is 13.2. The van der Waals surface area contributed by atoms with Crippen molar-refractivity contribution in [3.8, 4) is 0 Å². The SMILES string of the molecule is CCCNCc1ccc(CN2CCCC(C(F)(F)F)C2)s1. The van der Waals surface area contributed by atoms with Gasteiger partial charge in [0.25, 0.3) is 0 Å². The number of likely N-dealkylation sites (tertiary alicyclic amines) is 1. The molecule has 6 heteroatoms. The van der Waals surface area contributed by atoms with Crippen LogP contribution in [0.15, 0.2) is 12.1 Å². The maximum atomic E-state index is 12.8. The number of alkyl halides is 3. The standard InChI is InChI=1S/C15H23F3N2S/c1-2-7-19-9-13-5-6-14(21-13)11-20-8-3-4-12(10-20)15(16,17)18/h5-6,12,19H,2-4,7-11H2,1H3. The molecule has 2 rings (SSSR count). The number of hydrogen-bond donors (Lipinski definition) is 1. The molecule has 1 aliphatic rings. The molecule has 1 aromatic rings. The lowest BCUT2D eigenvalue weighted by molar-refractivity contribution is -0.187. The van der Waals surface area contributed by atoms with Gasteiger partial charge in [0.05, 0.1) is 5.92 Å². The Morgan fingerprint density at radius 1 is 1.33 bits per heavy atom. The van der Waals surface area contributed by atoms with Crippen LogP contribution < -0.4 is 5.32 Å². The van der Waals surface area contributed by atoms with E-state index in [4.69, 9.17) is 0 Å². The van der Waals surface area contributed by atoms with Gasteiger partial charge in [0.15, 0.2) is 0 Å². The highest BCUT2D eigenvalue weighted by molar-refractivity contribution is 7.11. The third-order valence-corrected chi connectivity index (χ3v) is 4.86. The highest BCUT2D eigenvalue weighted by Gasteiger charge is 2.41. The number of thiophene rings is 1. The topological polar surface area (TPSA) is 15.3 Å². The molecule has 1 aliphatic heterocycles. The molecule has 2 heterocycles. The third-order valence-electron chi connectivity index (χ3n) is 3.79. The van der Waals surface area contributed by atoms with Crippen LogP contribution in [0.25, 0.3) is 0 Å². The monoisotopic (exact) mass is 320 g/mol. The number of nitrogens with one attached hydrogen (secondary N) is 1. The Morgan fingerprint density at radius 2 is 2.10 bits per heavy atom. The van der Waals surface area contributed by atoms with Gasteiger partial charge in [0.1, 0.15) is 0 Å². The van der Waals surface area contributed by atoms with Gasteiger partial charge in [-0.15, -0.1) is 11.3 Å². The van der Waals surface area contributed by atoms with E-state index < -0.39 is 12.1 Å². The van der Waals surface area contributed by atoms with E-state index in [-0.39, 0.29) is 13.0 Å². The number of hydrogen-bond acceptors (Lipinski definition) is 3. The second-order valence-corrected chi connectivity index (χ2v) is 6.91. The first-order valence-corrected chi connectivity index (χ1v) is 8.38. The largest absolute Gasteiger partial charge is 0.393 e. The minimum Gasteiger partial charge on any atom is -0.312 e. The Labute approximate surface area is 128 Å². The molecule has 120 valence electrons. The van der Waals surface area contributed by atoms with Crippen molar-refractivity contribution in [2.75, 3.05) is 19.6 Å². The van der Waals surface area contributed by atoms with E-state index in [9.17, 15) is 13.2 Å². The van der Waals surface area contributed by atoms with Crippen molar-refractivity contribution in [1.29, 1.82) is 0 Å². The van der Waals surface area contributed by atoms with Crippen molar-refractivity contribution >= 4 is 11.3 Å². The molecule has 21 heavy (non-hydrogen) atoms. The van der Waals surface area contributed by atoms with Gasteiger partial charge in [-0.05, 0) is 44.5 Å². The average molecular weight is 320 g/mol. The van der Waals surface area contributed by atoms with E-state index in [1.54, 1.807) is 11.3 Å². The summed E-state index contributed by atoms with van der Waals surface area (Å²) in [5, 5.41) is 3.34. The normalized spacial score (nSPS) is 20.9. The maximum absolute atomic E-state index is 12.8. The number of rotatable bonds is 6. The van der Waals surface area contributed by atoms with Gasteiger partial charge in [0.2, 0.25) is 0 Å².